The summed E-state index contributed by atoms with van der Waals surface area (Å²) in [4.78, 5) is 0. The molecule has 0 unspecified atom stereocenters. The van der Waals surface area contributed by atoms with E-state index < -0.39 is 0 Å². The van der Waals surface area contributed by atoms with Crippen LogP contribution in [0.3, 0.4) is 0 Å². The molecule has 3 heteroatoms. The molecule has 88 valence electrons. The van der Waals surface area contributed by atoms with E-state index in [-0.39, 0.29) is 11.6 Å². The molecule has 2 aromatic rings. The van der Waals surface area contributed by atoms with E-state index in [4.69, 9.17) is 4.74 Å². The Morgan fingerprint density at radius 1 is 0.882 bits per heavy atom. The molecule has 0 aliphatic rings. The summed E-state index contributed by atoms with van der Waals surface area (Å²) in [5.41, 5.74) is 0.620. The van der Waals surface area contributed by atoms with Crippen LogP contribution in [0.5, 0.6) is 5.75 Å². The second kappa shape index (κ2) is 5.43. The average Bonchev–Trinajstić information content (AvgIpc) is 2.34. The number of halogens is 2. The molecule has 0 N–H and O–H groups in total. The molecule has 2 aromatic carbocycles. The lowest BCUT2D eigenvalue weighted by Gasteiger charge is -2.06. The van der Waals surface area contributed by atoms with Crippen molar-refractivity contribution in [3.8, 4) is 5.75 Å². The van der Waals surface area contributed by atoms with Crippen LogP contribution in [0.25, 0.3) is 0 Å². The zero-order valence-electron chi connectivity index (χ0n) is 9.20. The lowest BCUT2D eigenvalue weighted by Crippen LogP contribution is -2.02. The molecule has 0 aromatic heterocycles. The third-order valence-corrected chi connectivity index (χ3v) is 2.41. The Bertz CT molecular complexity index is 480. The zero-order valence-corrected chi connectivity index (χ0v) is 9.20. The van der Waals surface area contributed by atoms with Crippen LogP contribution in [0.1, 0.15) is 5.56 Å². The van der Waals surface area contributed by atoms with E-state index in [0.29, 0.717) is 24.3 Å². The van der Waals surface area contributed by atoms with Gasteiger partial charge in [0.2, 0.25) is 0 Å². The van der Waals surface area contributed by atoms with Crippen LogP contribution in [-0.2, 0) is 6.42 Å². The first-order valence-corrected chi connectivity index (χ1v) is 5.37. The first kappa shape index (κ1) is 11.6. The van der Waals surface area contributed by atoms with Crippen molar-refractivity contribution in [2.24, 2.45) is 0 Å². The molecule has 0 atom stereocenters. The van der Waals surface area contributed by atoms with E-state index in [1.54, 1.807) is 30.3 Å². The van der Waals surface area contributed by atoms with Gasteiger partial charge >= 0.3 is 0 Å². The van der Waals surface area contributed by atoms with Gasteiger partial charge in [0.15, 0.2) is 0 Å². The number of rotatable bonds is 4. The summed E-state index contributed by atoms with van der Waals surface area (Å²) < 4.78 is 31.3. The fraction of sp³-hybridized carbons (Fsp3) is 0.143. The summed E-state index contributed by atoms with van der Waals surface area (Å²) in [6.45, 7) is 0.368. The first-order valence-electron chi connectivity index (χ1n) is 5.37. The van der Waals surface area contributed by atoms with Crippen molar-refractivity contribution in [1.29, 1.82) is 0 Å². The van der Waals surface area contributed by atoms with E-state index in [9.17, 15) is 8.78 Å². The minimum absolute atomic E-state index is 0.227. The highest BCUT2D eigenvalue weighted by Gasteiger charge is 2.01. The maximum atomic E-state index is 13.3. The van der Waals surface area contributed by atoms with E-state index in [2.05, 4.69) is 0 Å². The fourth-order valence-electron chi connectivity index (χ4n) is 1.51. The Balaban J connectivity index is 1.88. The molecule has 0 bridgehead atoms. The van der Waals surface area contributed by atoms with Crippen LogP contribution in [-0.4, -0.2) is 6.61 Å². The number of benzene rings is 2. The van der Waals surface area contributed by atoms with Crippen molar-refractivity contribution in [3.05, 3.63) is 65.7 Å². The van der Waals surface area contributed by atoms with Gasteiger partial charge in [0.1, 0.15) is 17.4 Å². The largest absolute Gasteiger partial charge is 0.493 e. The predicted molar refractivity (Wildman–Crippen MR) is 62.0 cm³/mol. The van der Waals surface area contributed by atoms with Crippen molar-refractivity contribution < 1.29 is 13.5 Å². The van der Waals surface area contributed by atoms with Gasteiger partial charge in [-0.1, -0.05) is 18.2 Å². The van der Waals surface area contributed by atoms with Gasteiger partial charge in [-0.25, -0.2) is 8.78 Å². The van der Waals surface area contributed by atoms with Gasteiger partial charge in [-0.2, -0.15) is 0 Å². The second-order valence-corrected chi connectivity index (χ2v) is 3.64. The lowest BCUT2D eigenvalue weighted by atomic mass is 10.1. The Morgan fingerprint density at radius 3 is 2.29 bits per heavy atom. The molecule has 1 nitrogen and oxygen atoms in total. The molecule has 0 saturated carbocycles. The molecule has 0 amide bonds. The maximum absolute atomic E-state index is 13.3. The van der Waals surface area contributed by atoms with Gasteiger partial charge in [0.25, 0.3) is 0 Å². The van der Waals surface area contributed by atoms with Gasteiger partial charge in [-0.05, 0) is 35.9 Å². The highest BCUT2D eigenvalue weighted by molar-refractivity contribution is 5.22. The number of hydrogen-bond donors (Lipinski definition) is 0. The molecular formula is C14H12F2O. The van der Waals surface area contributed by atoms with E-state index >= 15 is 0 Å². The summed E-state index contributed by atoms with van der Waals surface area (Å²) in [5, 5.41) is 0. The second-order valence-electron chi connectivity index (χ2n) is 3.64. The first-order chi connectivity index (χ1) is 8.25. The van der Waals surface area contributed by atoms with E-state index in [0.717, 1.165) is 0 Å². The van der Waals surface area contributed by atoms with Gasteiger partial charge in [0.05, 0.1) is 6.61 Å². The molecule has 17 heavy (non-hydrogen) atoms. The molecule has 0 aliphatic heterocycles. The van der Waals surface area contributed by atoms with Crippen LogP contribution in [0.15, 0.2) is 48.5 Å². The number of ether oxygens (including phenoxy) is 1. The lowest BCUT2D eigenvalue weighted by molar-refractivity contribution is 0.319. The molecule has 0 saturated heterocycles. The van der Waals surface area contributed by atoms with Crippen molar-refractivity contribution in [2.45, 2.75) is 6.42 Å². The minimum Gasteiger partial charge on any atom is -0.493 e. The quantitative estimate of drug-likeness (QED) is 0.785. The summed E-state index contributed by atoms with van der Waals surface area (Å²) in [6.07, 6.45) is 0.490. The van der Waals surface area contributed by atoms with Crippen LogP contribution in [0, 0.1) is 11.6 Å². The molecule has 2 rings (SSSR count). The average molecular weight is 234 g/mol. The van der Waals surface area contributed by atoms with Crippen molar-refractivity contribution in [3.63, 3.8) is 0 Å². The monoisotopic (exact) mass is 234 g/mol. The molecule has 0 radical (unpaired) electrons. The molecule has 0 aliphatic carbocycles. The molecular weight excluding hydrogens is 222 g/mol. The summed E-state index contributed by atoms with van der Waals surface area (Å²) >= 11 is 0. The SMILES string of the molecule is Fc1ccc(OCCc2ccccc2F)cc1. The van der Waals surface area contributed by atoms with Crippen molar-refractivity contribution in [1.82, 2.24) is 0 Å². The third kappa shape index (κ3) is 3.28. The van der Waals surface area contributed by atoms with Crippen LogP contribution < -0.4 is 4.74 Å². The highest BCUT2D eigenvalue weighted by atomic mass is 19.1. The van der Waals surface area contributed by atoms with Crippen molar-refractivity contribution >= 4 is 0 Å². The third-order valence-electron chi connectivity index (χ3n) is 2.41. The minimum atomic E-state index is -0.300. The normalized spacial score (nSPS) is 10.2. The standard InChI is InChI=1S/C14H12F2O/c15-12-5-7-13(8-6-12)17-10-9-11-3-1-2-4-14(11)16/h1-8H,9-10H2. The fourth-order valence-corrected chi connectivity index (χ4v) is 1.51. The molecule has 0 heterocycles. The topological polar surface area (TPSA) is 9.23 Å². The van der Waals surface area contributed by atoms with E-state index in [1.165, 1.54) is 18.2 Å². The van der Waals surface area contributed by atoms with Gasteiger partial charge in [-0.15, -0.1) is 0 Å². The Labute approximate surface area is 98.7 Å². The number of hydrogen-bond acceptors (Lipinski definition) is 1. The Hall–Kier alpha value is -1.90. The summed E-state index contributed by atoms with van der Waals surface area (Å²) in [6, 6.07) is 12.4. The van der Waals surface area contributed by atoms with Crippen LogP contribution in [0.4, 0.5) is 8.78 Å². The Morgan fingerprint density at radius 2 is 1.59 bits per heavy atom. The van der Waals surface area contributed by atoms with Crippen molar-refractivity contribution in [2.75, 3.05) is 6.61 Å². The summed E-state index contributed by atoms with van der Waals surface area (Å²) in [7, 11) is 0. The molecule has 0 fully saturated rings. The maximum Gasteiger partial charge on any atom is 0.126 e. The van der Waals surface area contributed by atoms with Gasteiger partial charge in [-0.3, -0.25) is 0 Å². The Kier molecular flexibility index (Phi) is 3.70. The predicted octanol–water partition coefficient (Wildman–Crippen LogP) is 3.59. The van der Waals surface area contributed by atoms with Crippen LogP contribution >= 0.6 is 0 Å². The van der Waals surface area contributed by atoms with Gasteiger partial charge in [0, 0.05) is 6.42 Å². The smallest absolute Gasteiger partial charge is 0.126 e. The van der Waals surface area contributed by atoms with Crippen LogP contribution in [0.2, 0.25) is 0 Å². The molecule has 0 spiro atoms. The summed E-state index contributed by atoms with van der Waals surface area (Å²) in [5.74, 6) is 0.0596. The van der Waals surface area contributed by atoms with E-state index in [1.807, 2.05) is 0 Å². The van der Waals surface area contributed by atoms with Gasteiger partial charge < -0.3 is 4.74 Å². The highest BCUT2D eigenvalue weighted by Crippen LogP contribution is 2.12. The zero-order chi connectivity index (χ0) is 12.1.